The number of fused-ring (bicyclic) bond motifs is 1. The van der Waals surface area contributed by atoms with Crippen molar-refractivity contribution in [3.63, 3.8) is 0 Å². The number of carbonyl (C=O) groups excluding carboxylic acids is 1. The van der Waals surface area contributed by atoms with Crippen LogP contribution < -0.4 is 29.1 Å². The number of hydrogen-bond acceptors (Lipinski definition) is 8. The first-order valence-electron chi connectivity index (χ1n) is 14.2. The molecule has 1 aliphatic heterocycles. The smallest absolute Gasteiger partial charge is 0.338 e. The summed E-state index contributed by atoms with van der Waals surface area (Å²) in [5.41, 5.74) is 2.90. The van der Waals surface area contributed by atoms with Crippen molar-refractivity contribution in [2.24, 2.45) is 4.99 Å². The molecule has 3 aromatic carbocycles. The van der Waals surface area contributed by atoms with Gasteiger partial charge in [0.1, 0.15) is 12.4 Å². The highest BCUT2D eigenvalue weighted by Gasteiger charge is 2.33. The molecule has 0 fully saturated rings. The van der Waals surface area contributed by atoms with Gasteiger partial charge in [-0.15, -0.1) is 0 Å². The number of allylic oxidation sites excluding steroid dienone is 1. The first-order valence-corrected chi connectivity index (χ1v) is 15.4. The van der Waals surface area contributed by atoms with Crippen molar-refractivity contribution in [3.05, 3.63) is 119 Å². The Hall–Kier alpha value is -4.34. The van der Waals surface area contributed by atoms with Gasteiger partial charge in [-0.05, 0) is 75.2 Å². The molecule has 228 valence electrons. The summed E-state index contributed by atoms with van der Waals surface area (Å²) in [5.74, 6) is 1.25. The van der Waals surface area contributed by atoms with Crippen LogP contribution in [0.2, 0.25) is 5.02 Å². The average molecular weight is 633 g/mol. The topological polar surface area (TPSA) is 88.4 Å². The zero-order valence-electron chi connectivity index (χ0n) is 25.1. The third-order valence-corrected chi connectivity index (χ3v) is 8.27. The van der Waals surface area contributed by atoms with Crippen LogP contribution in [0.25, 0.3) is 6.08 Å². The number of esters is 1. The van der Waals surface area contributed by atoms with Crippen molar-refractivity contribution >= 4 is 35.0 Å². The van der Waals surface area contributed by atoms with Gasteiger partial charge in [-0.1, -0.05) is 59.3 Å². The molecule has 0 N–H and O–H groups in total. The number of nitrogens with zero attached hydrogens (tertiary/aromatic N) is 2. The molecular weight excluding hydrogens is 600 g/mol. The molecule has 0 aliphatic carbocycles. The maximum absolute atomic E-state index is 14.0. The second-order valence-corrected chi connectivity index (χ2v) is 11.7. The Morgan fingerprint density at radius 3 is 2.50 bits per heavy atom. The number of hydrogen-bond donors (Lipinski definition) is 0. The molecule has 4 aromatic rings. The molecule has 5 rings (SSSR count). The molecule has 0 unspecified atom stereocenters. The van der Waals surface area contributed by atoms with E-state index in [9.17, 15) is 9.59 Å². The van der Waals surface area contributed by atoms with Gasteiger partial charge in [0.15, 0.2) is 16.3 Å². The summed E-state index contributed by atoms with van der Waals surface area (Å²) in [6.07, 6.45) is 1.45. The molecule has 0 amide bonds. The molecule has 0 radical (unpaired) electrons. The average Bonchev–Trinajstić information content (AvgIpc) is 3.30. The number of rotatable bonds is 10. The quantitative estimate of drug-likeness (QED) is 0.205. The molecule has 0 saturated heterocycles. The lowest BCUT2D eigenvalue weighted by Gasteiger charge is -2.25. The number of halogens is 1. The van der Waals surface area contributed by atoms with Crippen molar-refractivity contribution in [1.29, 1.82) is 0 Å². The van der Waals surface area contributed by atoms with Crippen LogP contribution in [0.4, 0.5) is 0 Å². The molecule has 1 aromatic heterocycles. The Bertz CT molecular complexity index is 1890. The van der Waals surface area contributed by atoms with Crippen molar-refractivity contribution in [3.8, 4) is 17.2 Å². The fraction of sp³-hybridized carbons (Fsp3) is 0.265. The van der Waals surface area contributed by atoms with E-state index >= 15 is 0 Å². The van der Waals surface area contributed by atoms with E-state index in [1.165, 1.54) is 11.3 Å². The molecule has 8 nitrogen and oxygen atoms in total. The van der Waals surface area contributed by atoms with E-state index in [4.69, 9.17) is 30.5 Å². The van der Waals surface area contributed by atoms with E-state index in [0.29, 0.717) is 49.5 Å². The summed E-state index contributed by atoms with van der Waals surface area (Å²) in [5, 5.41) is 0.623. The first kappa shape index (κ1) is 31.1. The van der Waals surface area contributed by atoms with Crippen LogP contribution in [-0.4, -0.2) is 30.4 Å². The van der Waals surface area contributed by atoms with E-state index in [0.717, 1.165) is 16.7 Å². The van der Waals surface area contributed by atoms with Crippen molar-refractivity contribution in [2.75, 3.05) is 13.7 Å². The third-order valence-electron chi connectivity index (χ3n) is 6.92. The maximum atomic E-state index is 14.0. The lowest BCUT2D eigenvalue weighted by molar-refractivity contribution is -0.143. The van der Waals surface area contributed by atoms with E-state index in [1.807, 2.05) is 61.5 Å². The number of thiazole rings is 1. The first-order chi connectivity index (χ1) is 21.2. The summed E-state index contributed by atoms with van der Waals surface area (Å²) in [6, 6.07) is 19.6. The number of methoxy groups -OCH3 is 1. The van der Waals surface area contributed by atoms with Gasteiger partial charge >= 0.3 is 5.97 Å². The van der Waals surface area contributed by atoms with Crippen molar-refractivity contribution < 1.29 is 23.7 Å². The normalized spacial score (nSPS) is 14.7. The van der Waals surface area contributed by atoms with Gasteiger partial charge in [-0.2, -0.15) is 0 Å². The fourth-order valence-electron chi connectivity index (χ4n) is 4.90. The second kappa shape index (κ2) is 13.5. The van der Waals surface area contributed by atoms with Gasteiger partial charge in [0.2, 0.25) is 0 Å². The van der Waals surface area contributed by atoms with Crippen LogP contribution >= 0.6 is 22.9 Å². The van der Waals surface area contributed by atoms with Gasteiger partial charge in [-0.25, -0.2) is 9.79 Å². The highest BCUT2D eigenvalue weighted by atomic mass is 35.5. The van der Waals surface area contributed by atoms with Gasteiger partial charge < -0.3 is 18.9 Å². The molecular formula is C34H33ClN2O6S. The third kappa shape index (κ3) is 6.59. The molecule has 44 heavy (non-hydrogen) atoms. The van der Waals surface area contributed by atoms with E-state index in [-0.39, 0.29) is 18.3 Å². The van der Waals surface area contributed by atoms with Crippen LogP contribution in [0, 0.1) is 0 Å². The summed E-state index contributed by atoms with van der Waals surface area (Å²) in [7, 11) is 1.56. The minimum Gasteiger partial charge on any atom is -0.494 e. The van der Waals surface area contributed by atoms with Crippen LogP contribution in [0.3, 0.4) is 0 Å². The van der Waals surface area contributed by atoms with Crippen LogP contribution in [0.15, 0.2) is 87.8 Å². The van der Waals surface area contributed by atoms with Crippen LogP contribution in [0.1, 0.15) is 50.4 Å². The largest absolute Gasteiger partial charge is 0.494 e. The minimum atomic E-state index is -0.717. The Labute approximate surface area is 264 Å². The summed E-state index contributed by atoms with van der Waals surface area (Å²) < 4.78 is 24.8. The Kier molecular flexibility index (Phi) is 9.56. The Morgan fingerprint density at radius 1 is 1.07 bits per heavy atom. The SMILES string of the molecule is CCOc1ccc([C@@H]2C(C(=O)OC(C)C)=C(C)N=c3s/c(=C/c4ccc(OCc5ccccc5Cl)c(OC)c4)c(=O)n32)cc1. The van der Waals surface area contributed by atoms with Crippen molar-refractivity contribution in [2.45, 2.75) is 46.4 Å². The number of carbonyl (C=O) groups is 1. The molecule has 0 bridgehead atoms. The van der Waals surface area contributed by atoms with Gasteiger partial charge in [-0.3, -0.25) is 9.36 Å². The van der Waals surface area contributed by atoms with E-state index < -0.39 is 12.0 Å². The van der Waals surface area contributed by atoms with Gasteiger partial charge in [0, 0.05) is 10.6 Å². The second-order valence-electron chi connectivity index (χ2n) is 10.3. The predicted octanol–water partition coefficient (Wildman–Crippen LogP) is 5.83. The zero-order valence-corrected chi connectivity index (χ0v) is 26.7. The lowest BCUT2D eigenvalue weighted by atomic mass is 9.96. The fourth-order valence-corrected chi connectivity index (χ4v) is 6.14. The molecule has 10 heteroatoms. The van der Waals surface area contributed by atoms with Crippen molar-refractivity contribution in [1.82, 2.24) is 4.57 Å². The Morgan fingerprint density at radius 2 is 1.82 bits per heavy atom. The van der Waals surface area contributed by atoms with Crippen LogP contribution in [-0.2, 0) is 16.1 Å². The predicted molar refractivity (Wildman–Crippen MR) is 171 cm³/mol. The highest BCUT2D eigenvalue weighted by molar-refractivity contribution is 7.07. The van der Waals surface area contributed by atoms with E-state index in [1.54, 1.807) is 50.7 Å². The standard InChI is InChI=1S/C34H33ClN2O6S/c1-6-41-25-14-12-23(13-15-25)31-30(33(39)43-20(2)3)21(4)36-34-37(31)32(38)29(44-34)18-22-11-16-27(28(17-22)40-5)42-19-24-9-7-8-10-26(24)35/h7-18,20,31H,6,19H2,1-5H3/b29-18+/t31-/m1/s1. The zero-order chi connectivity index (χ0) is 31.4. The highest BCUT2D eigenvalue weighted by Crippen LogP contribution is 2.33. The molecule has 0 saturated carbocycles. The Balaban J connectivity index is 1.54. The lowest BCUT2D eigenvalue weighted by Crippen LogP contribution is -2.40. The monoisotopic (exact) mass is 632 g/mol. The van der Waals surface area contributed by atoms with Gasteiger partial charge in [0.05, 0.1) is 41.7 Å². The summed E-state index contributed by atoms with van der Waals surface area (Å²) in [6.45, 7) is 8.06. The minimum absolute atomic E-state index is 0.270. The summed E-state index contributed by atoms with van der Waals surface area (Å²) >= 11 is 7.53. The number of ether oxygens (including phenoxy) is 4. The van der Waals surface area contributed by atoms with E-state index in [2.05, 4.69) is 4.99 Å². The molecule has 0 spiro atoms. The summed E-state index contributed by atoms with van der Waals surface area (Å²) in [4.78, 5) is 32.5. The number of aromatic nitrogens is 1. The molecule has 1 atom stereocenters. The molecule has 2 heterocycles. The van der Waals surface area contributed by atoms with Crippen LogP contribution in [0.5, 0.6) is 17.2 Å². The van der Waals surface area contributed by atoms with Gasteiger partial charge in [0.25, 0.3) is 5.56 Å². The maximum Gasteiger partial charge on any atom is 0.338 e. The molecule has 1 aliphatic rings. The number of benzene rings is 3.